The first kappa shape index (κ1) is 18.9. The molecule has 116 valence electrons. The van der Waals surface area contributed by atoms with Crippen LogP contribution >= 0.6 is 0 Å². The number of hydrogen-bond acceptors (Lipinski definition) is 3. The topological polar surface area (TPSA) is 35.5 Å². The number of hydrogen-bond donors (Lipinski definition) is 0. The van der Waals surface area contributed by atoms with Crippen LogP contribution in [-0.4, -0.2) is 25.8 Å². The molecule has 0 atom stereocenters. The van der Waals surface area contributed by atoms with E-state index in [0.29, 0.717) is 18.8 Å². The van der Waals surface area contributed by atoms with Crippen LogP contribution in [0, 0.1) is 0 Å². The highest BCUT2D eigenvalue weighted by molar-refractivity contribution is 5.87. The van der Waals surface area contributed by atoms with Crippen LogP contribution in [0.15, 0.2) is 24.8 Å². The molecule has 0 amide bonds. The molecular weight excluding hydrogens is 252 g/mol. The van der Waals surface area contributed by atoms with Crippen molar-refractivity contribution in [2.75, 3.05) is 19.8 Å². The third-order valence-corrected chi connectivity index (χ3v) is 3.03. The molecule has 0 radical (unpaired) electrons. The number of rotatable bonds is 14. The first-order valence-corrected chi connectivity index (χ1v) is 7.75. The minimum Gasteiger partial charge on any atom is -0.462 e. The molecule has 0 saturated carbocycles. The van der Waals surface area contributed by atoms with E-state index in [-0.39, 0.29) is 12.6 Å². The van der Waals surface area contributed by atoms with Gasteiger partial charge in [0.05, 0.1) is 25.4 Å². The highest BCUT2D eigenvalue weighted by Gasteiger charge is 2.07. The van der Waals surface area contributed by atoms with Crippen LogP contribution in [0.5, 0.6) is 0 Å². The Kier molecular flexibility index (Phi) is 13.5. The van der Waals surface area contributed by atoms with Crippen molar-refractivity contribution in [2.45, 2.75) is 58.3 Å². The van der Waals surface area contributed by atoms with Crippen molar-refractivity contribution in [3.63, 3.8) is 0 Å². The van der Waals surface area contributed by atoms with Gasteiger partial charge in [-0.1, -0.05) is 64.5 Å². The molecule has 20 heavy (non-hydrogen) atoms. The molecule has 0 bridgehead atoms. The van der Waals surface area contributed by atoms with E-state index in [4.69, 9.17) is 9.47 Å². The fourth-order valence-electron chi connectivity index (χ4n) is 1.83. The lowest BCUT2D eigenvalue weighted by Gasteiger charge is -2.07. The van der Waals surface area contributed by atoms with Gasteiger partial charge in [0.15, 0.2) is 0 Å². The standard InChI is InChI=1S/C17H30O3/c1-4-6-7-8-9-10-11-12-14-20-17(18)16(3)15-19-13-5-2/h5H,2-4,6-15H2,1H3. The molecule has 0 aromatic rings. The maximum Gasteiger partial charge on any atom is 0.335 e. The van der Waals surface area contributed by atoms with Gasteiger partial charge in [-0.25, -0.2) is 4.79 Å². The number of esters is 1. The molecular formula is C17H30O3. The summed E-state index contributed by atoms with van der Waals surface area (Å²) in [4.78, 5) is 11.5. The molecule has 0 rings (SSSR count). The third-order valence-electron chi connectivity index (χ3n) is 3.03. The summed E-state index contributed by atoms with van der Waals surface area (Å²) in [6.45, 7) is 10.5. The number of carbonyl (C=O) groups excluding carboxylic acids is 1. The molecule has 0 aromatic carbocycles. The van der Waals surface area contributed by atoms with Crippen LogP contribution in [0.2, 0.25) is 0 Å². The Hall–Kier alpha value is -1.09. The van der Waals surface area contributed by atoms with Crippen LogP contribution in [0.4, 0.5) is 0 Å². The van der Waals surface area contributed by atoms with E-state index in [1.54, 1.807) is 6.08 Å². The smallest absolute Gasteiger partial charge is 0.335 e. The molecule has 0 aliphatic heterocycles. The van der Waals surface area contributed by atoms with E-state index in [9.17, 15) is 4.79 Å². The van der Waals surface area contributed by atoms with E-state index in [2.05, 4.69) is 20.1 Å². The highest BCUT2D eigenvalue weighted by atomic mass is 16.5. The lowest BCUT2D eigenvalue weighted by Crippen LogP contribution is -2.12. The second-order valence-corrected chi connectivity index (χ2v) is 5.02. The molecule has 0 saturated heterocycles. The summed E-state index contributed by atoms with van der Waals surface area (Å²) >= 11 is 0. The molecule has 0 aromatic heterocycles. The average Bonchev–Trinajstić information content (AvgIpc) is 2.45. The monoisotopic (exact) mass is 282 g/mol. The Bertz CT molecular complexity index is 271. The summed E-state index contributed by atoms with van der Waals surface area (Å²) < 4.78 is 10.3. The van der Waals surface area contributed by atoms with Crippen molar-refractivity contribution in [3.05, 3.63) is 24.8 Å². The van der Waals surface area contributed by atoms with Crippen LogP contribution in [-0.2, 0) is 14.3 Å². The van der Waals surface area contributed by atoms with Gasteiger partial charge in [-0.3, -0.25) is 0 Å². The summed E-state index contributed by atoms with van der Waals surface area (Å²) in [5.41, 5.74) is 0.367. The Morgan fingerprint density at radius 1 is 1.05 bits per heavy atom. The van der Waals surface area contributed by atoms with Gasteiger partial charge < -0.3 is 9.47 Å². The Morgan fingerprint density at radius 2 is 1.65 bits per heavy atom. The van der Waals surface area contributed by atoms with Gasteiger partial charge in [0.1, 0.15) is 0 Å². The molecule has 3 heteroatoms. The van der Waals surface area contributed by atoms with Crippen LogP contribution in [0.1, 0.15) is 58.3 Å². The minimum atomic E-state index is -0.350. The van der Waals surface area contributed by atoms with Gasteiger partial charge >= 0.3 is 5.97 Å². The maximum absolute atomic E-state index is 11.5. The lowest BCUT2D eigenvalue weighted by atomic mass is 10.1. The van der Waals surface area contributed by atoms with Crippen molar-refractivity contribution < 1.29 is 14.3 Å². The molecule has 0 aliphatic rings. The number of carbonyl (C=O) groups is 1. The summed E-state index contributed by atoms with van der Waals surface area (Å²) in [5, 5.41) is 0. The first-order valence-electron chi connectivity index (χ1n) is 7.75. The molecule has 0 heterocycles. The fraction of sp³-hybridized carbons (Fsp3) is 0.706. The molecule has 0 spiro atoms. The van der Waals surface area contributed by atoms with Gasteiger partial charge in [0.25, 0.3) is 0 Å². The van der Waals surface area contributed by atoms with Crippen molar-refractivity contribution in [1.82, 2.24) is 0 Å². The zero-order chi connectivity index (χ0) is 15.1. The molecule has 0 fully saturated rings. The van der Waals surface area contributed by atoms with E-state index >= 15 is 0 Å². The molecule has 0 N–H and O–H groups in total. The summed E-state index contributed by atoms with van der Waals surface area (Å²) in [6, 6.07) is 0. The van der Waals surface area contributed by atoms with Gasteiger partial charge in [-0.15, -0.1) is 6.58 Å². The minimum absolute atomic E-state index is 0.211. The van der Waals surface area contributed by atoms with Gasteiger partial charge in [-0.05, 0) is 6.42 Å². The summed E-state index contributed by atoms with van der Waals surface area (Å²) in [5.74, 6) is -0.350. The Labute approximate surface area is 124 Å². The normalized spacial score (nSPS) is 10.2. The zero-order valence-electron chi connectivity index (χ0n) is 13.0. The SMILES string of the molecule is C=CCOCC(=C)C(=O)OCCCCCCCCCC. The predicted molar refractivity (Wildman–Crippen MR) is 83.7 cm³/mol. The quantitative estimate of drug-likeness (QED) is 0.205. The maximum atomic E-state index is 11.5. The second-order valence-electron chi connectivity index (χ2n) is 5.02. The van der Waals surface area contributed by atoms with Crippen molar-refractivity contribution in [3.8, 4) is 0 Å². The van der Waals surface area contributed by atoms with E-state index in [0.717, 1.165) is 12.8 Å². The van der Waals surface area contributed by atoms with Gasteiger partial charge in [0, 0.05) is 0 Å². The van der Waals surface area contributed by atoms with Gasteiger partial charge in [-0.2, -0.15) is 0 Å². The summed E-state index contributed by atoms with van der Waals surface area (Å²) in [7, 11) is 0. The average molecular weight is 282 g/mol. The van der Waals surface area contributed by atoms with E-state index in [1.165, 1.54) is 38.5 Å². The molecule has 0 unspecified atom stereocenters. The van der Waals surface area contributed by atoms with Crippen molar-refractivity contribution in [1.29, 1.82) is 0 Å². The lowest BCUT2D eigenvalue weighted by molar-refractivity contribution is -0.139. The Balaban J connectivity index is 3.34. The van der Waals surface area contributed by atoms with Crippen molar-refractivity contribution >= 4 is 5.97 Å². The number of ether oxygens (including phenoxy) is 2. The van der Waals surface area contributed by atoms with E-state index in [1.807, 2.05) is 0 Å². The van der Waals surface area contributed by atoms with Gasteiger partial charge in [0.2, 0.25) is 0 Å². The Morgan fingerprint density at radius 3 is 2.25 bits per heavy atom. The molecule has 0 aliphatic carbocycles. The van der Waals surface area contributed by atoms with E-state index < -0.39 is 0 Å². The predicted octanol–water partition coefficient (Wildman–Crippen LogP) is 4.43. The second kappa shape index (κ2) is 14.3. The summed E-state index contributed by atoms with van der Waals surface area (Å²) in [6.07, 6.45) is 11.5. The number of unbranched alkanes of at least 4 members (excludes halogenated alkanes) is 7. The highest BCUT2D eigenvalue weighted by Crippen LogP contribution is 2.08. The fourth-order valence-corrected chi connectivity index (χ4v) is 1.83. The largest absolute Gasteiger partial charge is 0.462 e. The zero-order valence-corrected chi connectivity index (χ0v) is 13.0. The van der Waals surface area contributed by atoms with Crippen molar-refractivity contribution in [2.24, 2.45) is 0 Å². The third kappa shape index (κ3) is 12.0. The van der Waals surface area contributed by atoms with Crippen LogP contribution in [0.3, 0.4) is 0 Å². The van der Waals surface area contributed by atoms with Crippen LogP contribution in [0.25, 0.3) is 0 Å². The molecule has 3 nitrogen and oxygen atoms in total. The van der Waals surface area contributed by atoms with Crippen LogP contribution < -0.4 is 0 Å². The first-order chi connectivity index (χ1) is 9.72.